The fourth-order valence-corrected chi connectivity index (χ4v) is 4.89. The lowest BCUT2D eigenvalue weighted by molar-refractivity contribution is 0.620. The number of rotatable bonds is 3. The van der Waals surface area contributed by atoms with Crippen LogP contribution in [-0.4, -0.2) is 21.4 Å². The van der Waals surface area contributed by atoms with E-state index in [9.17, 15) is 0 Å². The van der Waals surface area contributed by atoms with Gasteiger partial charge in [0.05, 0.1) is 22.6 Å². The molecule has 2 aromatic heterocycles. The Balaban J connectivity index is 1.34. The fourth-order valence-electron chi connectivity index (χ4n) is 4.89. The van der Waals surface area contributed by atoms with Crippen LogP contribution < -0.4 is 0 Å². The minimum atomic E-state index is 0.206. The Hall–Kier alpha value is -5.16. The van der Waals surface area contributed by atoms with Gasteiger partial charge in [0.1, 0.15) is 5.52 Å². The maximum absolute atomic E-state index is 8.66. The lowest BCUT2D eigenvalue weighted by Gasteiger charge is -2.19. The molecule has 5 heteroatoms. The van der Waals surface area contributed by atoms with E-state index >= 15 is 0 Å². The maximum Gasteiger partial charge on any atom is 0.227 e. The molecular formula is C32H20N4O. The predicted molar refractivity (Wildman–Crippen MR) is 149 cm³/mol. The van der Waals surface area contributed by atoms with E-state index in [1.165, 1.54) is 0 Å². The van der Waals surface area contributed by atoms with E-state index in [0.717, 1.165) is 61.1 Å². The van der Waals surface area contributed by atoms with Crippen LogP contribution >= 0.6 is 0 Å². The van der Waals surface area contributed by atoms with Crippen molar-refractivity contribution >= 4 is 39.5 Å². The number of allylic oxidation sites excluding steroid dienone is 1. The van der Waals surface area contributed by atoms with Crippen LogP contribution in [0.4, 0.5) is 0 Å². The summed E-state index contributed by atoms with van der Waals surface area (Å²) >= 11 is 0. The standard InChI is InChI=1S/C32H20N4O/c33-25-17-16-24-29(30(25)34)23-15-14-22(18-27(23)35-31(24)20-6-2-1-3-7-20)19-10-12-21(13-11-19)32-36-26-8-4-5-9-28(26)37-32/h1-18,33-34H. The molecule has 7 rings (SSSR count). The quantitative estimate of drug-likeness (QED) is 0.273. The van der Waals surface area contributed by atoms with Crippen LogP contribution in [0.5, 0.6) is 0 Å². The molecule has 0 amide bonds. The zero-order valence-corrected chi connectivity index (χ0v) is 19.7. The van der Waals surface area contributed by atoms with Crippen molar-refractivity contribution in [3.05, 3.63) is 114 Å². The van der Waals surface area contributed by atoms with E-state index in [2.05, 4.69) is 29.2 Å². The van der Waals surface area contributed by atoms with Crippen molar-refractivity contribution in [2.45, 2.75) is 0 Å². The first-order valence-electron chi connectivity index (χ1n) is 12.0. The zero-order chi connectivity index (χ0) is 24.9. The van der Waals surface area contributed by atoms with Crippen molar-refractivity contribution in [1.82, 2.24) is 9.97 Å². The second kappa shape index (κ2) is 8.21. The fraction of sp³-hybridized carbons (Fsp3) is 0. The summed E-state index contributed by atoms with van der Waals surface area (Å²) in [5, 5.41) is 17.8. The third-order valence-corrected chi connectivity index (χ3v) is 6.77. The molecule has 0 bridgehead atoms. The van der Waals surface area contributed by atoms with Crippen LogP contribution in [0.2, 0.25) is 0 Å². The van der Waals surface area contributed by atoms with Crippen LogP contribution in [0, 0.1) is 10.8 Å². The molecule has 2 N–H and O–H groups in total. The van der Waals surface area contributed by atoms with Gasteiger partial charge in [-0.1, -0.05) is 66.7 Å². The molecule has 1 aliphatic carbocycles. The highest BCUT2D eigenvalue weighted by Gasteiger charge is 2.23. The van der Waals surface area contributed by atoms with Gasteiger partial charge in [0.15, 0.2) is 5.58 Å². The summed E-state index contributed by atoms with van der Waals surface area (Å²) in [6.45, 7) is 0. The Morgan fingerprint density at radius 3 is 2.14 bits per heavy atom. The van der Waals surface area contributed by atoms with Crippen LogP contribution in [0.15, 0.2) is 108 Å². The topological polar surface area (TPSA) is 86.6 Å². The molecule has 0 fully saturated rings. The van der Waals surface area contributed by atoms with E-state index in [1.54, 1.807) is 6.08 Å². The van der Waals surface area contributed by atoms with Gasteiger partial charge in [0, 0.05) is 27.6 Å². The van der Waals surface area contributed by atoms with E-state index in [1.807, 2.05) is 78.9 Å². The van der Waals surface area contributed by atoms with Gasteiger partial charge < -0.3 is 4.42 Å². The highest BCUT2D eigenvalue weighted by molar-refractivity contribution is 6.54. The minimum Gasteiger partial charge on any atom is -0.436 e. The number of aromatic nitrogens is 2. The van der Waals surface area contributed by atoms with Crippen molar-refractivity contribution in [1.29, 1.82) is 10.8 Å². The Morgan fingerprint density at radius 2 is 1.32 bits per heavy atom. The predicted octanol–water partition coefficient (Wildman–Crippen LogP) is 7.79. The largest absolute Gasteiger partial charge is 0.436 e. The van der Waals surface area contributed by atoms with Gasteiger partial charge in [-0.25, -0.2) is 9.97 Å². The van der Waals surface area contributed by atoms with Gasteiger partial charge in [0.25, 0.3) is 0 Å². The summed E-state index contributed by atoms with van der Waals surface area (Å²) in [5.41, 5.74) is 9.27. The second-order valence-corrected chi connectivity index (χ2v) is 9.03. The number of hydrogen-bond donors (Lipinski definition) is 2. The first kappa shape index (κ1) is 21.1. The van der Waals surface area contributed by atoms with Gasteiger partial charge in [-0.3, -0.25) is 10.8 Å². The Bertz CT molecular complexity index is 1860. The monoisotopic (exact) mass is 476 g/mol. The van der Waals surface area contributed by atoms with Gasteiger partial charge in [-0.2, -0.15) is 0 Å². The van der Waals surface area contributed by atoms with Crippen LogP contribution in [0.1, 0.15) is 11.1 Å². The van der Waals surface area contributed by atoms with Crippen molar-refractivity contribution in [3.63, 3.8) is 0 Å². The lowest BCUT2D eigenvalue weighted by Crippen LogP contribution is -2.17. The van der Waals surface area contributed by atoms with Crippen molar-refractivity contribution in [2.24, 2.45) is 0 Å². The average Bonchev–Trinajstić information content (AvgIpc) is 3.39. The first-order valence-corrected chi connectivity index (χ1v) is 12.0. The molecular weight excluding hydrogens is 456 g/mol. The molecule has 4 aromatic carbocycles. The summed E-state index contributed by atoms with van der Waals surface area (Å²) in [7, 11) is 0. The van der Waals surface area contributed by atoms with E-state index in [0.29, 0.717) is 5.89 Å². The van der Waals surface area contributed by atoms with Crippen LogP contribution in [-0.2, 0) is 0 Å². The molecule has 0 saturated heterocycles. The molecule has 0 atom stereocenters. The van der Waals surface area contributed by atoms with E-state index in [4.69, 9.17) is 20.2 Å². The third-order valence-electron chi connectivity index (χ3n) is 6.77. The molecule has 0 unspecified atom stereocenters. The number of para-hydroxylation sites is 2. The molecule has 5 nitrogen and oxygen atoms in total. The molecule has 2 heterocycles. The third kappa shape index (κ3) is 3.48. The highest BCUT2D eigenvalue weighted by Crippen LogP contribution is 2.36. The SMILES string of the molecule is N=C1C=Cc2c(-c3ccccc3)nc3cc(-c4ccc(-c5nc6ccccc6o5)cc4)ccc3c2C1=N. The summed E-state index contributed by atoms with van der Waals surface area (Å²) in [5.74, 6) is 0.598. The molecule has 6 aromatic rings. The molecule has 37 heavy (non-hydrogen) atoms. The minimum absolute atomic E-state index is 0.206. The van der Waals surface area contributed by atoms with Crippen LogP contribution in [0.3, 0.4) is 0 Å². The Kier molecular flexibility index (Phi) is 4.69. The maximum atomic E-state index is 8.66. The van der Waals surface area contributed by atoms with E-state index < -0.39 is 0 Å². The molecule has 0 radical (unpaired) electrons. The summed E-state index contributed by atoms with van der Waals surface area (Å²) in [6, 6.07) is 32.0. The molecule has 0 spiro atoms. The van der Waals surface area contributed by atoms with Crippen molar-refractivity contribution in [2.75, 3.05) is 0 Å². The molecule has 0 saturated carbocycles. The smallest absolute Gasteiger partial charge is 0.227 e. The van der Waals surface area contributed by atoms with Gasteiger partial charge in [0.2, 0.25) is 5.89 Å². The van der Waals surface area contributed by atoms with Gasteiger partial charge >= 0.3 is 0 Å². The average molecular weight is 477 g/mol. The first-order chi connectivity index (χ1) is 18.2. The number of nitrogens with zero attached hydrogens (tertiary/aromatic N) is 2. The summed E-state index contributed by atoms with van der Waals surface area (Å²) in [6.07, 6.45) is 3.58. The van der Waals surface area contributed by atoms with Crippen molar-refractivity contribution in [3.8, 4) is 33.8 Å². The van der Waals surface area contributed by atoms with E-state index in [-0.39, 0.29) is 11.4 Å². The summed E-state index contributed by atoms with van der Waals surface area (Å²) < 4.78 is 5.92. The Labute approximate surface area is 212 Å². The Morgan fingerprint density at radius 1 is 0.595 bits per heavy atom. The number of pyridine rings is 1. The molecule has 0 aliphatic heterocycles. The number of benzene rings is 4. The number of hydrogen-bond acceptors (Lipinski definition) is 5. The second-order valence-electron chi connectivity index (χ2n) is 9.03. The molecule has 174 valence electrons. The lowest BCUT2D eigenvalue weighted by atomic mass is 9.87. The highest BCUT2D eigenvalue weighted by atomic mass is 16.3. The van der Waals surface area contributed by atoms with Crippen molar-refractivity contribution < 1.29 is 4.42 Å². The summed E-state index contributed by atoms with van der Waals surface area (Å²) in [4.78, 5) is 9.65. The number of nitrogens with one attached hydrogen (secondary N) is 2. The zero-order valence-electron chi connectivity index (χ0n) is 19.7. The number of fused-ring (bicyclic) bond motifs is 4. The van der Waals surface area contributed by atoms with Gasteiger partial charge in [-0.05, 0) is 53.6 Å². The number of oxazole rings is 1. The normalized spacial score (nSPS) is 12.9. The van der Waals surface area contributed by atoms with Crippen LogP contribution in [0.25, 0.3) is 61.9 Å². The van der Waals surface area contributed by atoms with Gasteiger partial charge in [-0.15, -0.1) is 0 Å². The molecule has 1 aliphatic rings.